The minimum Gasteiger partial charge on any atom is -0.323 e. The molecule has 0 saturated heterocycles. The van der Waals surface area contributed by atoms with Gasteiger partial charge < -0.3 is 9.88 Å². The molecule has 3 aromatic rings. The lowest BCUT2D eigenvalue weighted by Crippen LogP contribution is -2.45. The summed E-state index contributed by atoms with van der Waals surface area (Å²) in [4.78, 5) is 30.9. The highest BCUT2D eigenvalue weighted by Gasteiger charge is 2.35. The molecule has 0 aliphatic carbocycles. The number of hydrogen-bond donors (Lipinski definition) is 1. The number of fused-ring (bicyclic) bond motifs is 1. The van der Waals surface area contributed by atoms with Crippen molar-refractivity contribution in [2.45, 2.75) is 23.5 Å². The highest BCUT2D eigenvalue weighted by molar-refractivity contribution is 8.00. The number of alkyl halides is 3. The first kappa shape index (κ1) is 21.9. The van der Waals surface area contributed by atoms with Crippen LogP contribution in [0.1, 0.15) is 12.5 Å². The monoisotopic (exact) mass is 460 g/mol. The Kier molecular flexibility index (Phi) is 5.72. The van der Waals surface area contributed by atoms with E-state index in [9.17, 15) is 22.8 Å². The van der Waals surface area contributed by atoms with Gasteiger partial charge in [0, 0.05) is 7.05 Å². The molecule has 1 aliphatic rings. The third-order valence-electron chi connectivity index (χ3n) is 5.10. The molecule has 1 unspecified atom stereocenters. The van der Waals surface area contributed by atoms with Gasteiger partial charge in [-0.15, -0.1) is 0 Å². The van der Waals surface area contributed by atoms with Crippen molar-refractivity contribution in [3.8, 4) is 11.3 Å². The van der Waals surface area contributed by atoms with E-state index in [1.54, 1.807) is 13.1 Å². The predicted octanol–water partition coefficient (Wildman–Crippen LogP) is 4.57. The summed E-state index contributed by atoms with van der Waals surface area (Å²) in [5.41, 5.74) is 1.17. The van der Waals surface area contributed by atoms with Gasteiger partial charge in [-0.3, -0.25) is 14.5 Å². The van der Waals surface area contributed by atoms with Crippen LogP contribution in [0.15, 0.2) is 59.9 Å². The molecule has 166 valence electrons. The lowest BCUT2D eigenvalue weighted by Gasteiger charge is -2.31. The summed E-state index contributed by atoms with van der Waals surface area (Å²) < 4.78 is 41.0. The van der Waals surface area contributed by atoms with E-state index in [4.69, 9.17) is 0 Å². The van der Waals surface area contributed by atoms with Crippen LogP contribution < -0.4 is 10.2 Å². The van der Waals surface area contributed by atoms with Crippen LogP contribution >= 0.6 is 11.8 Å². The highest BCUT2D eigenvalue weighted by atomic mass is 32.2. The molecule has 4 rings (SSSR count). The van der Waals surface area contributed by atoms with Crippen molar-refractivity contribution in [2.75, 3.05) is 16.8 Å². The molecule has 0 saturated carbocycles. The Hall–Kier alpha value is -3.27. The standard InChI is InChI=1S/C22H19F3N4O2S/c1-13(32-21-26-11-18(28(21)2)14-6-4-3-5-7-14)20(31)29-12-19(30)27-16-10-15(22(23,24)25)8-9-17(16)29/h3-11,13H,12H2,1-2H3,(H,27,30). The zero-order chi connectivity index (χ0) is 23.0. The average molecular weight is 460 g/mol. The number of carbonyl (C=O) groups excluding carboxylic acids is 2. The summed E-state index contributed by atoms with van der Waals surface area (Å²) in [6.07, 6.45) is -2.83. The topological polar surface area (TPSA) is 67.2 Å². The lowest BCUT2D eigenvalue weighted by molar-refractivity contribution is -0.137. The molecule has 6 nitrogen and oxygen atoms in total. The van der Waals surface area contributed by atoms with E-state index < -0.39 is 28.8 Å². The van der Waals surface area contributed by atoms with E-state index in [0.29, 0.717) is 5.16 Å². The lowest BCUT2D eigenvalue weighted by atomic mass is 10.1. The summed E-state index contributed by atoms with van der Waals surface area (Å²) in [7, 11) is 1.84. The van der Waals surface area contributed by atoms with Crippen molar-refractivity contribution in [1.82, 2.24) is 9.55 Å². The first-order valence-electron chi connectivity index (χ1n) is 9.71. The minimum absolute atomic E-state index is 0.0371. The average Bonchev–Trinajstić information content (AvgIpc) is 3.12. The van der Waals surface area contributed by atoms with E-state index in [1.165, 1.54) is 22.7 Å². The van der Waals surface area contributed by atoms with Crippen molar-refractivity contribution < 1.29 is 22.8 Å². The van der Waals surface area contributed by atoms with E-state index in [1.807, 2.05) is 41.9 Å². The Morgan fingerprint density at radius 3 is 2.59 bits per heavy atom. The molecule has 32 heavy (non-hydrogen) atoms. The number of carbonyl (C=O) groups is 2. The molecule has 0 spiro atoms. The van der Waals surface area contributed by atoms with Gasteiger partial charge >= 0.3 is 6.18 Å². The van der Waals surface area contributed by atoms with Gasteiger partial charge in [0.15, 0.2) is 5.16 Å². The van der Waals surface area contributed by atoms with Crippen molar-refractivity contribution in [3.63, 3.8) is 0 Å². The Labute approximate surface area is 186 Å². The van der Waals surface area contributed by atoms with Gasteiger partial charge in [-0.1, -0.05) is 42.1 Å². The van der Waals surface area contributed by atoms with Crippen LogP contribution in [0, 0.1) is 0 Å². The molecule has 0 bridgehead atoms. The molecule has 2 amide bonds. The minimum atomic E-state index is -4.55. The zero-order valence-electron chi connectivity index (χ0n) is 17.2. The maximum Gasteiger partial charge on any atom is 0.416 e. The first-order valence-corrected chi connectivity index (χ1v) is 10.6. The van der Waals surface area contributed by atoms with Crippen LogP contribution in [-0.2, 0) is 22.8 Å². The van der Waals surface area contributed by atoms with Gasteiger partial charge in [0.1, 0.15) is 6.54 Å². The number of nitrogens with zero attached hydrogens (tertiary/aromatic N) is 3. The summed E-state index contributed by atoms with van der Waals surface area (Å²) in [6, 6.07) is 12.6. The fourth-order valence-corrected chi connectivity index (χ4v) is 4.38. The molecule has 1 N–H and O–H groups in total. The summed E-state index contributed by atoms with van der Waals surface area (Å²) in [5.74, 6) is -0.944. The van der Waals surface area contributed by atoms with Crippen molar-refractivity contribution in [3.05, 3.63) is 60.3 Å². The highest BCUT2D eigenvalue weighted by Crippen LogP contribution is 2.38. The number of anilines is 2. The zero-order valence-corrected chi connectivity index (χ0v) is 18.0. The number of thioether (sulfide) groups is 1. The third kappa shape index (κ3) is 4.22. The van der Waals surface area contributed by atoms with Crippen LogP contribution in [0.2, 0.25) is 0 Å². The molecular weight excluding hydrogens is 441 g/mol. The molecule has 0 radical (unpaired) electrons. The van der Waals surface area contributed by atoms with E-state index in [2.05, 4.69) is 10.3 Å². The summed E-state index contributed by atoms with van der Waals surface area (Å²) >= 11 is 1.22. The summed E-state index contributed by atoms with van der Waals surface area (Å²) in [6.45, 7) is 1.41. The molecule has 0 fully saturated rings. The number of amides is 2. The maximum atomic E-state index is 13.1. The number of aromatic nitrogens is 2. The quantitative estimate of drug-likeness (QED) is 0.579. The number of rotatable bonds is 4. The van der Waals surface area contributed by atoms with Gasteiger partial charge in [0.2, 0.25) is 11.8 Å². The van der Waals surface area contributed by atoms with Crippen LogP contribution in [0.25, 0.3) is 11.3 Å². The second-order valence-corrected chi connectivity index (χ2v) is 8.62. The summed E-state index contributed by atoms with van der Waals surface area (Å²) in [5, 5.41) is 2.41. The number of nitrogens with one attached hydrogen (secondary N) is 1. The predicted molar refractivity (Wildman–Crippen MR) is 116 cm³/mol. The van der Waals surface area contributed by atoms with Crippen molar-refractivity contribution in [2.24, 2.45) is 7.05 Å². The van der Waals surface area contributed by atoms with Gasteiger partial charge in [0.05, 0.1) is 34.1 Å². The second kappa shape index (κ2) is 8.34. The molecule has 2 heterocycles. The number of imidazole rings is 1. The van der Waals surface area contributed by atoms with Crippen LogP contribution in [-0.4, -0.2) is 33.2 Å². The first-order chi connectivity index (χ1) is 15.1. The molecule has 1 aliphatic heterocycles. The number of hydrogen-bond acceptors (Lipinski definition) is 4. The fraction of sp³-hybridized carbons (Fsp3) is 0.227. The van der Waals surface area contributed by atoms with Gasteiger partial charge in [-0.05, 0) is 30.7 Å². The Morgan fingerprint density at radius 2 is 1.91 bits per heavy atom. The van der Waals surface area contributed by atoms with Gasteiger partial charge in [0.25, 0.3) is 0 Å². The van der Waals surface area contributed by atoms with Crippen molar-refractivity contribution >= 4 is 35.0 Å². The Balaban J connectivity index is 1.57. The number of benzene rings is 2. The van der Waals surface area contributed by atoms with Crippen LogP contribution in [0.4, 0.5) is 24.5 Å². The molecule has 1 aromatic heterocycles. The van der Waals surface area contributed by atoms with E-state index >= 15 is 0 Å². The Morgan fingerprint density at radius 1 is 1.19 bits per heavy atom. The van der Waals surface area contributed by atoms with Gasteiger partial charge in [-0.25, -0.2) is 4.98 Å². The van der Waals surface area contributed by atoms with Gasteiger partial charge in [-0.2, -0.15) is 13.2 Å². The van der Waals surface area contributed by atoms with E-state index in [-0.39, 0.29) is 17.9 Å². The van der Waals surface area contributed by atoms with Crippen molar-refractivity contribution in [1.29, 1.82) is 0 Å². The SMILES string of the molecule is CC(Sc1ncc(-c2ccccc2)n1C)C(=O)N1CC(=O)Nc2cc(C(F)(F)F)ccc21. The Bertz CT molecular complexity index is 1180. The van der Waals surface area contributed by atoms with Crippen LogP contribution in [0.3, 0.4) is 0 Å². The van der Waals surface area contributed by atoms with Crippen LogP contribution in [0.5, 0.6) is 0 Å². The second-order valence-electron chi connectivity index (χ2n) is 7.31. The molecular formula is C22H19F3N4O2S. The maximum absolute atomic E-state index is 13.1. The fourth-order valence-electron chi connectivity index (χ4n) is 3.47. The number of halogens is 3. The molecule has 1 atom stereocenters. The third-order valence-corrected chi connectivity index (χ3v) is 6.25. The normalized spacial score (nSPS) is 14.7. The molecule has 10 heteroatoms. The smallest absolute Gasteiger partial charge is 0.323 e. The van der Waals surface area contributed by atoms with E-state index in [0.717, 1.165) is 23.4 Å². The largest absolute Gasteiger partial charge is 0.416 e. The molecule has 2 aromatic carbocycles.